The van der Waals surface area contributed by atoms with Crippen molar-refractivity contribution in [3.8, 4) is 11.5 Å². The predicted molar refractivity (Wildman–Crippen MR) is 59.0 cm³/mol. The van der Waals surface area contributed by atoms with Crippen LogP contribution in [-0.2, 0) is 13.1 Å². The third-order valence-corrected chi connectivity index (χ3v) is 2.26. The Labute approximate surface area is 93.2 Å². The van der Waals surface area contributed by atoms with Crippen LogP contribution in [0.1, 0.15) is 11.3 Å². The molecule has 4 heteroatoms. The van der Waals surface area contributed by atoms with E-state index in [4.69, 9.17) is 9.52 Å². The average molecular weight is 219 g/mol. The van der Waals surface area contributed by atoms with E-state index in [0.29, 0.717) is 13.1 Å². The van der Waals surface area contributed by atoms with Gasteiger partial charge in [-0.05, 0) is 18.2 Å². The summed E-state index contributed by atoms with van der Waals surface area (Å²) in [6, 6.07) is 8.26. The second-order valence-corrected chi connectivity index (χ2v) is 3.50. The fourth-order valence-electron chi connectivity index (χ4n) is 1.44. The molecule has 3 N–H and O–H groups in total. The Bertz CT molecular complexity index is 451. The molecular weight excluding hydrogens is 206 g/mol. The van der Waals surface area contributed by atoms with Crippen molar-refractivity contribution in [3.63, 3.8) is 0 Å². The summed E-state index contributed by atoms with van der Waals surface area (Å²) in [4.78, 5) is 0. The van der Waals surface area contributed by atoms with Crippen LogP contribution in [0.5, 0.6) is 11.5 Å². The van der Waals surface area contributed by atoms with Crippen molar-refractivity contribution in [2.45, 2.75) is 13.1 Å². The highest BCUT2D eigenvalue weighted by atomic mass is 16.3. The lowest BCUT2D eigenvalue weighted by Crippen LogP contribution is -2.12. The molecule has 0 aliphatic carbocycles. The summed E-state index contributed by atoms with van der Waals surface area (Å²) in [6.45, 7) is 1.13. The Morgan fingerprint density at radius 2 is 2.00 bits per heavy atom. The summed E-state index contributed by atoms with van der Waals surface area (Å²) >= 11 is 0. The summed E-state index contributed by atoms with van der Waals surface area (Å²) in [5.74, 6) is 0.998. The zero-order chi connectivity index (χ0) is 11.4. The molecule has 0 fully saturated rings. The molecule has 2 rings (SSSR count). The fourth-order valence-corrected chi connectivity index (χ4v) is 1.44. The van der Waals surface area contributed by atoms with Crippen molar-refractivity contribution in [2.75, 3.05) is 0 Å². The maximum atomic E-state index is 9.53. The standard InChI is InChI=1S/C12H13NO3/c14-10-4-3-9(12(15)6-10)7-13-8-11-2-1-5-16-11/h1-6,13-15H,7-8H2. The van der Waals surface area contributed by atoms with Crippen LogP contribution in [0.15, 0.2) is 41.0 Å². The molecule has 0 aliphatic heterocycles. The van der Waals surface area contributed by atoms with Crippen LogP contribution in [0.4, 0.5) is 0 Å². The van der Waals surface area contributed by atoms with E-state index in [1.54, 1.807) is 18.4 Å². The molecule has 0 saturated heterocycles. The van der Waals surface area contributed by atoms with E-state index in [9.17, 15) is 5.11 Å². The van der Waals surface area contributed by atoms with Gasteiger partial charge in [0.2, 0.25) is 0 Å². The van der Waals surface area contributed by atoms with E-state index in [0.717, 1.165) is 11.3 Å². The average Bonchev–Trinajstić information content (AvgIpc) is 2.74. The highest BCUT2D eigenvalue weighted by Gasteiger charge is 2.02. The van der Waals surface area contributed by atoms with Crippen LogP contribution in [0.3, 0.4) is 0 Å². The number of hydrogen-bond acceptors (Lipinski definition) is 4. The van der Waals surface area contributed by atoms with Crippen molar-refractivity contribution < 1.29 is 14.6 Å². The molecule has 0 bridgehead atoms. The SMILES string of the molecule is Oc1ccc(CNCc2ccco2)c(O)c1. The zero-order valence-electron chi connectivity index (χ0n) is 8.68. The Hall–Kier alpha value is -1.94. The molecule has 1 aromatic carbocycles. The molecule has 4 nitrogen and oxygen atoms in total. The third-order valence-electron chi connectivity index (χ3n) is 2.26. The normalized spacial score (nSPS) is 10.5. The van der Waals surface area contributed by atoms with Crippen LogP contribution in [-0.4, -0.2) is 10.2 Å². The number of rotatable bonds is 4. The van der Waals surface area contributed by atoms with Crippen molar-refractivity contribution in [3.05, 3.63) is 47.9 Å². The summed E-state index contributed by atoms with van der Waals surface area (Å²) in [5, 5.41) is 21.8. The van der Waals surface area contributed by atoms with E-state index in [1.165, 1.54) is 6.07 Å². The van der Waals surface area contributed by atoms with Crippen LogP contribution in [0.2, 0.25) is 0 Å². The minimum atomic E-state index is 0.0623. The quantitative estimate of drug-likeness (QED) is 0.735. The first kappa shape index (κ1) is 10.6. The van der Waals surface area contributed by atoms with Crippen molar-refractivity contribution in [1.82, 2.24) is 5.32 Å². The van der Waals surface area contributed by atoms with Gasteiger partial charge in [0.25, 0.3) is 0 Å². The highest BCUT2D eigenvalue weighted by Crippen LogP contribution is 2.22. The van der Waals surface area contributed by atoms with Crippen molar-refractivity contribution in [1.29, 1.82) is 0 Å². The van der Waals surface area contributed by atoms with Crippen LogP contribution < -0.4 is 5.32 Å². The summed E-state index contributed by atoms with van der Waals surface area (Å²) in [5.41, 5.74) is 0.740. The molecule has 1 aromatic heterocycles. The van der Waals surface area contributed by atoms with Gasteiger partial charge < -0.3 is 19.9 Å². The number of aromatic hydroxyl groups is 2. The first-order chi connectivity index (χ1) is 7.75. The summed E-state index contributed by atoms with van der Waals surface area (Å²) in [7, 11) is 0. The molecule has 0 aliphatic rings. The lowest BCUT2D eigenvalue weighted by atomic mass is 10.2. The van der Waals surface area contributed by atoms with Gasteiger partial charge >= 0.3 is 0 Å². The maximum absolute atomic E-state index is 9.53. The van der Waals surface area contributed by atoms with Crippen LogP contribution in [0, 0.1) is 0 Å². The summed E-state index contributed by atoms with van der Waals surface area (Å²) in [6.07, 6.45) is 1.62. The minimum Gasteiger partial charge on any atom is -0.508 e. The van der Waals surface area contributed by atoms with Gasteiger partial charge in [0.1, 0.15) is 17.3 Å². The topological polar surface area (TPSA) is 65.6 Å². The smallest absolute Gasteiger partial charge is 0.123 e. The minimum absolute atomic E-state index is 0.0623. The van der Waals surface area contributed by atoms with Gasteiger partial charge in [-0.2, -0.15) is 0 Å². The van der Waals surface area contributed by atoms with Gasteiger partial charge in [0.05, 0.1) is 12.8 Å². The fraction of sp³-hybridized carbons (Fsp3) is 0.167. The van der Waals surface area contributed by atoms with Gasteiger partial charge in [0.15, 0.2) is 0 Å². The Morgan fingerprint density at radius 3 is 2.69 bits per heavy atom. The number of phenols is 2. The van der Waals surface area contributed by atoms with Gasteiger partial charge in [-0.3, -0.25) is 0 Å². The molecule has 0 unspecified atom stereocenters. The van der Waals surface area contributed by atoms with Gasteiger partial charge in [-0.25, -0.2) is 0 Å². The first-order valence-electron chi connectivity index (χ1n) is 4.99. The molecule has 0 amide bonds. The summed E-state index contributed by atoms with van der Waals surface area (Å²) < 4.78 is 5.16. The molecular formula is C12H13NO3. The monoisotopic (exact) mass is 219 g/mol. The molecule has 0 saturated carbocycles. The van der Waals surface area contributed by atoms with E-state index in [2.05, 4.69) is 5.32 Å². The highest BCUT2D eigenvalue weighted by molar-refractivity contribution is 5.38. The Morgan fingerprint density at radius 1 is 1.12 bits per heavy atom. The van der Waals surface area contributed by atoms with E-state index < -0.39 is 0 Å². The Balaban J connectivity index is 1.90. The van der Waals surface area contributed by atoms with Crippen LogP contribution in [0.25, 0.3) is 0 Å². The molecule has 0 radical (unpaired) electrons. The third kappa shape index (κ3) is 2.55. The van der Waals surface area contributed by atoms with Gasteiger partial charge in [-0.1, -0.05) is 6.07 Å². The van der Waals surface area contributed by atoms with E-state index >= 15 is 0 Å². The van der Waals surface area contributed by atoms with Crippen LogP contribution >= 0.6 is 0 Å². The number of furan rings is 1. The number of phenolic OH excluding ortho intramolecular Hbond substituents is 2. The lowest BCUT2D eigenvalue weighted by molar-refractivity contribution is 0.440. The van der Waals surface area contributed by atoms with Gasteiger partial charge in [0, 0.05) is 18.2 Å². The first-order valence-corrected chi connectivity index (χ1v) is 4.99. The molecule has 0 spiro atoms. The second-order valence-electron chi connectivity index (χ2n) is 3.50. The molecule has 0 atom stereocenters. The lowest BCUT2D eigenvalue weighted by Gasteiger charge is -2.05. The van der Waals surface area contributed by atoms with E-state index in [1.807, 2.05) is 12.1 Å². The predicted octanol–water partition coefficient (Wildman–Crippen LogP) is 1.98. The largest absolute Gasteiger partial charge is 0.508 e. The molecule has 84 valence electrons. The van der Waals surface area contributed by atoms with Crippen molar-refractivity contribution >= 4 is 0 Å². The molecule has 1 heterocycles. The zero-order valence-corrected chi connectivity index (χ0v) is 8.68. The Kier molecular flexibility index (Phi) is 3.12. The number of nitrogens with one attached hydrogen (secondary N) is 1. The van der Waals surface area contributed by atoms with Gasteiger partial charge in [-0.15, -0.1) is 0 Å². The maximum Gasteiger partial charge on any atom is 0.123 e. The molecule has 16 heavy (non-hydrogen) atoms. The van der Waals surface area contributed by atoms with E-state index in [-0.39, 0.29) is 11.5 Å². The molecule has 2 aromatic rings. The van der Waals surface area contributed by atoms with Crippen molar-refractivity contribution in [2.24, 2.45) is 0 Å². The second kappa shape index (κ2) is 4.72. The number of benzene rings is 1. The number of hydrogen-bond donors (Lipinski definition) is 3.